The molecule has 114 valence electrons. The SMILES string of the molecule is COc1cc(Br)ccc1OCC(=O)NN=Cc1ccccc1. The van der Waals surface area contributed by atoms with Crippen molar-refractivity contribution >= 4 is 28.1 Å². The van der Waals surface area contributed by atoms with Gasteiger partial charge in [-0.1, -0.05) is 46.3 Å². The lowest BCUT2D eigenvalue weighted by molar-refractivity contribution is -0.123. The minimum absolute atomic E-state index is 0.149. The maximum absolute atomic E-state index is 11.7. The van der Waals surface area contributed by atoms with Gasteiger partial charge in [-0.25, -0.2) is 5.43 Å². The highest BCUT2D eigenvalue weighted by atomic mass is 79.9. The zero-order valence-corrected chi connectivity index (χ0v) is 13.5. The zero-order valence-electron chi connectivity index (χ0n) is 12.0. The van der Waals surface area contributed by atoms with Gasteiger partial charge in [0.15, 0.2) is 18.1 Å². The molecular weight excluding hydrogens is 348 g/mol. The van der Waals surface area contributed by atoms with Crippen LogP contribution in [0.1, 0.15) is 5.56 Å². The smallest absolute Gasteiger partial charge is 0.277 e. The fraction of sp³-hybridized carbons (Fsp3) is 0.125. The van der Waals surface area contributed by atoms with Crippen molar-refractivity contribution in [2.75, 3.05) is 13.7 Å². The van der Waals surface area contributed by atoms with Gasteiger partial charge >= 0.3 is 0 Å². The number of methoxy groups -OCH3 is 1. The number of amides is 1. The summed E-state index contributed by atoms with van der Waals surface area (Å²) >= 11 is 3.34. The number of hydrogen-bond acceptors (Lipinski definition) is 4. The lowest BCUT2D eigenvalue weighted by atomic mass is 10.2. The van der Waals surface area contributed by atoms with Gasteiger partial charge in [-0.15, -0.1) is 0 Å². The van der Waals surface area contributed by atoms with Crippen LogP contribution in [0.25, 0.3) is 0 Å². The van der Waals surface area contributed by atoms with E-state index in [2.05, 4.69) is 26.5 Å². The number of halogens is 1. The van der Waals surface area contributed by atoms with Crippen molar-refractivity contribution in [1.82, 2.24) is 5.43 Å². The Morgan fingerprint density at radius 1 is 1.23 bits per heavy atom. The molecule has 0 saturated heterocycles. The molecule has 0 bridgehead atoms. The van der Waals surface area contributed by atoms with Gasteiger partial charge in [-0.2, -0.15) is 5.10 Å². The average Bonchev–Trinajstić information content (AvgIpc) is 2.54. The van der Waals surface area contributed by atoms with Crippen molar-refractivity contribution in [3.05, 3.63) is 58.6 Å². The van der Waals surface area contributed by atoms with Crippen LogP contribution in [0.15, 0.2) is 58.1 Å². The van der Waals surface area contributed by atoms with Crippen LogP contribution in [-0.2, 0) is 4.79 Å². The Hall–Kier alpha value is -2.34. The topological polar surface area (TPSA) is 59.9 Å². The molecule has 0 aromatic heterocycles. The Morgan fingerprint density at radius 3 is 2.73 bits per heavy atom. The summed E-state index contributed by atoms with van der Waals surface area (Å²) in [5.74, 6) is 0.694. The fourth-order valence-corrected chi connectivity index (χ4v) is 1.99. The van der Waals surface area contributed by atoms with E-state index in [1.165, 1.54) is 0 Å². The van der Waals surface area contributed by atoms with Crippen molar-refractivity contribution < 1.29 is 14.3 Å². The molecule has 0 aliphatic carbocycles. The first-order valence-corrected chi connectivity index (χ1v) is 7.31. The predicted octanol–water partition coefficient (Wildman–Crippen LogP) is 2.99. The van der Waals surface area contributed by atoms with Crippen LogP contribution in [0.3, 0.4) is 0 Å². The summed E-state index contributed by atoms with van der Waals surface area (Å²) in [4.78, 5) is 11.7. The Balaban J connectivity index is 1.84. The van der Waals surface area contributed by atoms with Crippen LogP contribution in [0.5, 0.6) is 11.5 Å². The van der Waals surface area contributed by atoms with Gasteiger partial charge in [0.05, 0.1) is 13.3 Å². The molecule has 1 amide bonds. The standard InChI is InChI=1S/C16H15BrN2O3/c1-21-15-9-13(17)7-8-14(15)22-11-16(20)19-18-10-12-5-3-2-4-6-12/h2-10H,11H2,1H3,(H,19,20). The Bertz CT molecular complexity index is 660. The summed E-state index contributed by atoms with van der Waals surface area (Å²) in [5, 5.41) is 3.87. The average molecular weight is 363 g/mol. The van der Waals surface area contributed by atoms with E-state index in [-0.39, 0.29) is 12.5 Å². The number of hydrazone groups is 1. The number of nitrogens with one attached hydrogen (secondary N) is 1. The zero-order chi connectivity index (χ0) is 15.8. The van der Waals surface area contributed by atoms with E-state index in [0.29, 0.717) is 11.5 Å². The molecule has 0 radical (unpaired) electrons. The van der Waals surface area contributed by atoms with Gasteiger partial charge in [0.2, 0.25) is 0 Å². The highest BCUT2D eigenvalue weighted by Crippen LogP contribution is 2.29. The summed E-state index contributed by atoms with van der Waals surface area (Å²) in [5.41, 5.74) is 3.31. The van der Waals surface area contributed by atoms with Crippen LogP contribution >= 0.6 is 15.9 Å². The lowest BCUT2D eigenvalue weighted by Crippen LogP contribution is -2.24. The number of nitrogens with zero attached hydrogens (tertiary/aromatic N) is 1. The number of carbonyl (C=O) groups excluding carboxylic acids is 1. The minimum Gasteiger partial charge on any atom is -0.493 e. The molecule has 0 heterocycles. The molecule has 0 saturated carbocycles. The maximum atomic E-state index is 11.7. The first-order valence-electron chi connectivity index (χ1n) is 6.52. The van der Waals surface area contributed by atoms with E-state index in [1.54, 1.807) is 25.5 Å². The first kappa shape index (κ1) is 16.0. The summed E-state index contributed by atoms with van der Waals surface area (Å²) in [6, 6.07) is 14.8. The van der Waals surface area contributed by atoms with Crippen molar-refractivity contribution in [3.63, 3.8) is 0 Å². The molecule has 1 N–H and O–H groups in total. The summed E-state index contributed by atoms with van der Waals surface area (Å²) in [6.45, 7) is -0.149. The van der Waals surface area contributed by atoms with Crippen LogP contribution in [0.2, 0.25) is 0 Å². The van der Waals surface area contributed by atoms with Crippen molar-refractivity contribution in [2.45, 2.75) is 0 Å². The minimum atomic E-state index is -0.350. The van der Waals surface area contributed by atoms with E-state index < -0.39 is 0 Å². The third-order valence-electron chi connectivity index (χ3n) is 2.69. The van der Waals surface area contributed by atoms with Gasteiger partial charge in [0.25, 0.3) is 5.91 Å². The summed E-state index contributed by atoms with van der Waals surface area (Å²) in [7, 11) is 1.54. The number of hydrogen-bond donors (Lipinski definition) is 1. The van der Waals surface area contributed by atoms with Crippen LogP contribution in [-0.4, -0.2) is 25.8 Å². The second-order valence-electron chi connectivity index (χ2n) is 4.29. The van der Waals surface area contributed by atoms with E-state index in [0.717, 1.165) is 10.0 Å². The monoisotopic (exact) mass is 362 g/mol. The third-order valence-corrected chi connectivity index (χ3v) is 3.18. The Labute approximate surface area is 137 Å². The third kappa shape index (κ3) is 4.89. The van der Waals surface area contributed by atoms with Crippen molar-refractivity contribution in [1.29, 1.82) is 0 Å². The van der Waals surface area contributed by atoms with E-state index >= 15 is 0 Å². The Morgan fingerprint density at radius 2 is 2.00 bits per heavy atom. The largest absolute Gasteiger partial charge is 0.493 e. The molecule has 6 heteroatoms. The molecule has 2 aromatic rings. The van der Waals surface area contributed by atoms with Gasteiger partial charge in [0, 0.05) is 4.47 Å². The van der Waals surface area contributed by atoms with Crippen LogP contribution in [0, 0.1) is 0 Å². The van der Waals surface area contributed by atoms with Crippen LogP contribution in [0.4, 0.5) is 0 Å². The van der Waals surface area contributed by atoms with Gasteiger partial charge < -0.3 is 9.47 Å². The van der Waals surface area contributed by atoms with E-state index in [4.69, 9.17) is 9.47 Å². The number of ether oxygens (including phenoxy) is 2. The molecular formula is C16H15BrN2O3. The molecule has 0 atom stereocenters. The molecule has 2 rings (SSSR count). The van der Waals surface area contributed by atoms with Crippen LogP contribution < -0.4 is 14.9 Å². The predicted molar refractivity (Wildman–Crippen MR) is 88.4 cm³/mol. The molecule has 0 unspecified atom stereocenters. The molecule has 0 fully saturated rings. The molecule has 0 aliphatic heterocycles. The second kappa shape index (κ2) is 8.19. The highest BCUT2D eigenvalue weighted by Gasteiger charge is 2.07. The van der Waals surface area contributed by atoms with Crippen molar-refractivity contribution in [3.8, 4) is 11.5 Å². The first-order chi connectivity index (χ1) is 10.7. The lowest BCUT2D eigenvalue weighted by Gasteiger charge is -2.10. The number of benzene rings is 2. The fourth-order valence-electron chi connectivity index (χ4n) is 1.65. The Kier molecular flexibility index (Phi) is 5.97. The van der Waals surface area contributed by atoms with E-state index in [9.17, 15) is 4.79 Å². The normalized spacial score (nSPS) is 10.5. The molecule has 2 aromatic carbocycles. The summed E-state index contributed by atoms with van der Waals surface area (Å²) in [6.07, 6.45) is 1.57. The van der Waals surface area contributed by atoms with Gasteiger partial charge in [-0.3, -0.25) is 4.79 Å². The molecule has 5 nitrogen and oxygen atoms in total. The van der Waals surface area contributed by atoms with Gasteiger partial charge in [0.1, 0.15) is 0 Å². The van der Waals surface area contributed by atoms with Crippen molar-refractivity contribution in [2.24, 2.45) is 5.10 Å². The maximum Gasteiger partial charge on any atom is 0.277 e. The molecule has 0 spiro atoms. The quantitative estimate of drug-likeness (QED) is 0.634. The molecule has 22 heavy (non-hydrogen) atoms. The second-order valence-corrected chi connectivity index (χ2v) is 5.20. The number of carbonyl (C=O) groups is 1. The van der Waals surface area contributed by atoms with E-state index in [1.807, 2.05) is 36.4 Å². The van der Waals surface area contributed by atoms with Gasteiger partial charge in [-0.05, 0) is 23.8 Å². The summed E-state index contributed by atoms with van der Waals surface area (Å²) < 4.78 is 11.5. The highest BCUT2D eigenvalue weighted by molar-refractivity contribution is 9.10. The number of rotatable bonds is 6. The molecule has 0 aliphatic rings.